The van der Waals surface area contributed by atoms with Crippen LogP contribution in [-0.4, -0.2) is 36.5 Å². The molecule has 1 saturated heterocycles. The summed E-state index contributed by atoms with van der Waals surface area (Å²) in [5, 5.41) is 0. The second-order valence-corrected chi connectivity index (χ2v) is 6.32. The van der Waals surface area contributed by atoms with Gasteiger partial charge in [-0.15, -0.1) is 0 Å². The number of rotatable bonds is 2. The van der Waals surface area contributed by atoms with E-state index >= 15 is 0 Å². The van der Waals surface area contributed by atoms with Crippen LogP contribution in [0.15, 0.2) is 24.3 Å². The normalized spacial score (nSPS) is 24.5. The number of carbonyl (C=O) groups excluding carboxylic acids is 2. The van der Waals surface area contributed by atoms with Crippen LogP contribution < -0.4 is 0 Å². The molecular formula is C18H23NO3. The summed E-state index contributed by atoms with van der Waals surface area (Å²) in [5.74, 6) is 0.415. The minimum atomic E-state index is -0.371. The molecule has 1 aliphatic heterocycles. The van der Waals surface area contributed by atoms with Gasteiger partial charge in [-0.1, -0.05) is 12.8 Å². The number of nitrogens with zero attached hydrogens (tertiary/aromatic N) is 1. The second kappa shape index (κ2) is 6.51. The molecule has 0 aromatic heterocycles. The highest BCUT2D eigenvalue weighted by atomic mass is 16.5. The Morgan fingerprint density at radius 3 is 2.36 bits per heavy atom. The molecule has 2 unspecified atom stereocenters. The Bertz CT molecular complexity index is 550. The molecule has 1 aromatic rings. The Kier molecular flexibility index (Phi) is 4.46. The minimum absolute atomic E-state index is 0.105. The fourth-order valence-corrected chi connectivity index (χ4v) is 3.91. The Hall–Kier alpha value is -1.84. The van der Waals surface area contributed by atoms with E-state index in [4.69, 9.17) is 0 Å². The summed E-state index contributed by atoms with van der Waals surface area (Å²) < 4.78 is 4.69. The average molecular weight is 301 g/mol. The van der Waals surface area contributed by atoms with Crippen LogP contribution in [0.1, 0.15) is 59.2 Å². The van der Waals surface area contributed by atoms with Crippen molar-refractivity contribution in [1.82, 2.24) is 4.90 Å². The number of amides is 1. The van der Waals surface area contributed by atoms with E-state index in [1.165, 1.54) is 32.8 Å². The van der Waals surface area contributed by atoms with Gasteiger partial charge in [-0.25, -0.2) is 4.79 Å². The maximum Gasteiger partial charge on any atom is 0.337 e. The highest BCUT2D eigenvalue weighted by Gasteiger charge is 2.35. The van der Waals surface area contributed by atoms with Crippen molar-refractivity contribution in [2.24, 2.45) is 5.92 Å². The highest BCUT2D eigenvalue weighted by Crippen LogP contribution is 2.35. The van der Waals surface area contributed by atoms with Crippen LogP contribution in [0.2, 0.25) is 0 Å². The van der Waals surface area contributed by atoms with Crippen LogP contribution in [0.4, 0.5) is 0 Å². The van der Waals surface area contributed by atoms with Gasteiger partial charge in [0.05, 0.1) is 12.7 Å². The molecule has 1 aliphatic carbocycles. The number of piperidine rings is 1. The van der Waals surface area contributed by atoms with Crippen molar-refractivity contribution in [3.05, 3.63) is 35.4 Å². The van der Waals surface area contributed by atoms with Crippen molar-refractivity contribution < 1.29 is 14.3 Å². The van der Waals surface area contributed by atoms with Gasteiger partial charge in [0, 0.05) is 18.2 Å². The number of likely N-dealkylation sites (tertiary alicyclic amines) is 1. The predicted octanol–water partition coefficient (Wildman–Crippen LogP) is 3.27. The number of hydrogen-bond acceptors (Lipinski definition) is 3. The van der Waals surface area contributed by atoms with Crippen LogP contribution >= 0.6 is 0 Å². The van der Waals surface area contributed by atoms with Crippen molar-refractivity contribution >= 4 is 11.9 Å². The zero-order valence-electron chi connectivity index (χ0n) is 13.1. The van der Waals surface area contributed by atoms with Crippen LogP contribution in [0.5, 0.6) is 0 Å². The molecule has 2 fully saturated rings. The third-order valence-electron chi connectivity index (χ3n) is 5.06. The van der Waals surface area contributed by atoms with Crippen LogP contribution in [0.3, 0.4) is 0 Å². The monoisotopic (exact) mass is 301 g/mol. The van der Waals surface area contributed by atoms with Crippen molar-refractivity contribution in [2.75, 3.05) is 13.7 Å². The Labute approximate surface area is 131 Å². The number of hydrogen-bond donors (Lipinski definition) is 0. The Balaban J connectivity index is 1.76. The van der Waals surface area contributed by atoms with Gasteiger partial charge in [0.15, 0.2) is 0 Å². The summed E-state index contributed by atoms with van der Waals surface area (Å²) >= 11 is 0. The summed E-state index contributed by atoms with van der Waals surface area (Å²) in [4.78, 5) is 26.4. The smallest absolute Gasteiger partial charge is 0.337 e. The van der Waals surface area contributed by atoms with Gasteiger partial charge in [0.1, 0.15) is 0 Å². The van der Waals surface area contributed by atoms with Gasteiger partial charge >= 0.3 is 5.97 Å². The number of fused-ring (bicyclic) bond motifs is 1. The molecule has 0 N–H and O–H groups in total. The first kappa shape index (κ1) is 15.1. The topological polar surface area (TPSA) is 46.6 Å². The van der Waals surface area contributed by atoms with Gasteiger partial charge in [-0.3, -0.25) is 4.79 Å². The molecule has 0 bridgehead atoms. The molecule has 22 heavy (non-hydrogen) atoms. The number of benzene rings is 1. The number of carbonyl (C=O) groups is 2. The molecule has 1 amide bonds. The summed E-state index contributed by atoms with van der Waals surface area (Å²) in [7, 11) is 1.36. The van der Waals surface area contributed by atoms with Gasteiger partial charge < -0.3 is 9.64 Å². The van der Waals surface area contributed by atoms with Crippen molar-refractivity contribution in [2.45, 2.75) is 44.6 Å². The first-order valence-corrected chi connectivity index (χ1v) is 8.20. The molecule has 3 rings (SSSR count). The van der Waals surface area contributed by atoms with Crippen LogP contribution in [-0.2, 0) is 4.74 Å². The molecule has 1 aromatic carbocycles. The summed E-state index contributed by atoms with van der Waals surface area (Å²) in [5.41, 5.74) is 1.15. The standard InChI is InChI=1S/C18H23NO3/c1-22-18(21)15-10-8-14(9-11-15)17(20)19-12-4-6-13-5-2-3-7-16(13)19/h8-11,13,16H,2-7,12H2,1H3. The van der Waals surface area contributed by atoms with E-state index in [9.17, 15) is 9.59 Å². The largest absolute Gasteiger partial charge is 0.465 e. The molecule has 4 heteroatoms. The van der Waals surface area contributed by atoms with E-state index in [0.717, 1.165) is 19.4 Å². The van der Waals surface area contributed by atoms with Crippen molar-refractivity contribution in [3.63, 3.8) is 0 Å². The zero-order valence-corrected chi connectivity index (χ0v) is 13.1. The molecule has 0 spiro atoms. The van der Waals surface area contributed by atoms with Gasteiger partial charge in [0.2, 0.25) is 0 Å². The molecule has 0 radical (unpaired) electrons. The second-order valence-electron chi connectivity index (χ2n) is 6.32. The number of methoxy groups -OCH3 is 1. The molecule has 4 nitrogen and oxygen atoms in total. The average Bonchev–Trinajstić information content (AvgIpc) is 2.60. The van der Waals surface area contributed by atoms with E-state index in [-0.39, 0.29) is 11.9 Å². The summed E-state index contributed by atoms with van der Waals surface area (Å²) in [6.45, 7) is 0.860. The van der Waals surface area contributed by atoms with E-state index in [1.807, 2.05) is 0 Å². The first-order valence-electron chi connectivity index (χ1n) is 8.20. The van der Waals surface area contributed by atoms with Gasteiger partial charge in [-0.05, 0) is 55.9 Å². The fraction of sp³-hybridized carbons (Fsp3) is 0.556. The zero-order chi connectivity index (χ0) is 15.5. The maximum atomic E-state index is 12.8. The van der Waals surface area contributed by atoms with Gasteiger partial charge in [0.25, 0.3) is 5.91 Å². The van der Waals surface area contributed by atoms with Gasteiger partial charge in [-0.2, -0.15) is 0 Å². The molecule has 2 atom stereocenters. The molecule has 118 valence electrons. The summed E-state index contributed by atoms with van der Waals surface area (Å²) in [6, 6.07) is 7.22. The minimum Gasteiger partial charge on any atom is -0.465 e. The number of esters is 1. The Morgan fingerprint density at radius 1 is 1.00 bits per heavy atom. The molecular weight excluding hydrogens is 278 g/mol. The third kappa shape index (κ3) is 2.87. The van der Waals surface area contributed by atoms with Crippen LogP contribution in [0, 0.1) is 5.92 Å². The van der Waals surface area contributed by atoms with E-state index in [1.54, 1.807) is 24.3 Å². The van der Waals surface area contributed by atoms with Crippen molar-refractivity contribution in [1.29, 1.82) is 0 Å². The highest BCUT2D eigenvalue weighted by molar-refractivity contribution is 5.96. The predicted molar refractivity (Wildman–Crippen MR) is 83.8 cm³/mol. The summed E-state index contributed by atoms with van der Waals surface area (Å²) in [6.07, 6.45) is 7.29. The third-order valence-corrected chi connectivity index (χ3v) is 5.06. The lowest BCUT2D eigenvalue weighted by Gasteiger charge is -2.44. The lowest BCUT2D eigenvalue weighted by Crippen LogP contribution is -2.49. The lowest BCUT2D eigenvalue weighted by atomic mass is 9.78. The number of ether oxygens (including phenoxy) is 1. The van der Waals surface area contributed by atoms with E-state index in [0.29, 0.717) is 23.1 Å². The fourth-order valence-electron chi connectivity index (χ4n) is 3.91. The van der Waals surface area contributed by atoms with E-state index < -0.39 is 0 Å². The SMILES string of the molecule is COC(=O)c1ccc(C(=O)N2CCCC3CCCCC32)cc1. The maximum absolute atomic E-state index is 12.8. The van der Waals surface area contributed by atoms with Crippen molar-refractivity contribution in [3.8, 4) is 0 Å². The van der Waals surface area contributed by atoms with Crippen LogP contribution in [0.25, 0.3) is 0 Å². The van der Waals surface area contributed by atoms with E-state index in [2.05, 4.69) is 9.64 Å². The molecule has 1 saturated carbocycles. The molecule has 2 aliphatic rings. The lowest BCUT2D eigenvalue weighted by molar-refractivity contribution is 0.0390. The first-order chi connectivity index (χ1) is 10.7. The quantitative estimate of drug-likeness (QED) is 0.788. The Morgan fingerprint density at radius 2 is 1.64 bits per heavy atom. The molecule has 1 heterocycles.